The average molecular weight is 690 g/mol. The van der Waals surface area contributed by atoms with Crippen molar-refractivity contribution in [2.45, 2.75) is 75.3 Å². The van der Waals surface area contributed by atoms with Gasteiger partial charge in [0.2, 0.25) is 12.6 Å². The molecule has 0 bridgehead atoms. The molecule has 0 aromatic heterocycles. The number of amides is 1. The largest absolute Gasteiger partial charge is 0.508 e. The zero-order valence-corrected chi connectivity index (χ0v) is 26.0. The normalized spacial score (nSPS) is 31.1. The van der Waals surface area contributed by atoms with E-state index in [1.807, 2.05) is 0 Å². The second-order valence-corrected chi connectivity index (χ2v) is 11.8. The van der Waals surface area contributed by atoms with Gasteiger partial charge >= 0.3 is 24.2 Å². The second kappa shape index (κ2) is 16.9. The van der Waals surface area contributed by atoms with Gasteiger partial charge in [0, 0.05) is 14.1 Å². The molecule has 2 aliphatic heterocycles. The molecule has 12 atom stereocenters. The molecule has 0 aliphatic carbocycles. The smallest absolute Gasteiger partial charge is 0.448 e. The summed E-state index contributed by atoms with van der Waals surface area (Å²) in [6.07, 6.45) is -19.7. The van der Waals surface area contributed by atoms with Crippen LogP contribution in [0, 0.1) is 10.8 Å². The van der Waals surface area contributed by atoms with Gasteiger partial charge in [-0.2, -0.15) is 0 Å². The summed E-state index contributed by atoms with van der Waals surface area (Å²) in [5, 5.41) is 87.9. The van der Waals surface area contributed by atoms with Crippen LogP contribution in [0.5, 0.6) is 0 Å². The third-order valence-electron chi connectivity index (χ3n) is 7.32. The summed E-state index contributed by atoms with van der Waals surface area (Å²) in [5.74, 6) is -2.56. The standard InChI is InChI=1S/C26H43NO20/c1-25(7-30,21(37)46-19-15(35)13(33)17(44-19)11(31)5-28)8-42-24(40)43-10-26(2,9-41-23(39)27(3)4)22(38)47-20-16(36)14(34)18(45-20)12(32)6-29/h11-20,28-36H,5-10H2,1-4H3/t11?,12?,13-,14-,15+,16+,17-,18-,19?,20?,25?,26?/m1/s1. The van der Waals surface area contributed by atoms with E-state index in [-0.39, 0.29) is 0 Å². The number of esters is 2. The van der Waals surface area contributed by atoms with Crippen molar-refractivity contribution >= 4 is 24.2 Å². The zero-order valence-electron chi connectivity index (χ0n) is 26.0. The molecule has 47 heavy (non-hydrogen) atoms. The molecular formula is C26H43NO20. The van der Waals surface area contributed by atoms with E-state index in [9.17, 15) is 54.9 Å². The molecule has 21 heteroatoms. The number of hydrogen-bond donors (Lipinski definition) is 9. The van der Waals surface area contributed by atoms with Crippen molar-refractivity contribution < 1.29 is 98.3 Å². The first-order valence-electron chi connectivity index (χ1n) is 14.1. The molecule has 0 spiro atoms. The Bertz CT molecular complexity index is 1080. The van der Waals surface area contributed by atoms with Crippen molar-refractivity contribution in [3.63, 3.8) is 0 Å². The van der Waals surface area contributed by atoms with E-state index in [2.05, 4.69) is 0 Å². The van der Waals surface area contributed by atoms with Gasteiger partial charge in [0.1, 0.15) is 79.5 Å². The summed E-state index contributed by atoms with van der Waals surface area (Å²) in [6, 6.07) is 0. The predicted octanol–water partition coefficient (Wildman–Crippen LogP) is -5.47. The van der Waals surface area contributed by atoms with Crippen LogP contribution in [0.15, 0.2) is 0 Å². The lowest BCUT2D eigenvalue weighted by Gasteiger charge is -2.29. The van der Waals surface area contributed by atoms with Crippen molar-refractivity contribution in [3.8, 4) is 0 Å². The highest BCUT2D eigenvalue weighted by molar-refractivity contribution is 5.78. The zero-order chi connectivity index (χ0) is 35.9. The first kappa shape index (κ1) is 40.2. The molecule has 21 nitrogen and oxygen atoms in total. The molecule has 0 aromatic carbocycles. The number of aliphatic hydroxyl groups excluding tert-OH is 9. The van der Waals surface area contributed by atoms with Crippen LogP contribution in [0.1, 0.15) is 13.8 Å². The fourth-order valence-electron chi connectivity index (χ4n) is 4.03. The Balaban J connectivity index is 2.06. The number of rotatable bonds is 15. The number of hydrogen-bond acceptors (Lipinski definition) is 20. The SMILES string of the molecule is CN(C)C(=O)OCC(C)(COC(=O)OCC(C)(CO)C(=O)OC1O[C@H](C(O)CO)[C@H](O)[C@@H]1O)C(=O)OC1O[C@H](C(O)CO)[C@H](O)[C@@H]1O. The first-order valence-corrected chi connectivity index (χ1v) is 14.1. The summed E-state index contributed by atoms with van der Waals surface area (Å²) < 4.78 is 35.3. The molecule has 6 unspecified atom stereocenters. The Morgan fingerprint density at radius 3 is 1.45 bits per heavy atom. The van der Waals surface area contributed by atoms with Gasteiger partial charge in [-0.3, -0.25) is 9.59 Å². The third-order valence-corrected chi connectivity index (χ3v) is 7.32. The Labute approximate surface area is 267 Å². The van der Waals surface area contributed by atoms with Crippen LogP contribution < -0.4 is 0 Å². The molecule has 0 saturated carbocycles. The van der Waals surface area contributed by atoms with Crippen LogP contribution >= 0.6 is 0 Å². The van der Waals surface area contributed by atoms with Gasteiger partial charge < -0.3 is 84.0 Å². The van der Waals surface area contributed by atoms with Gasteiger partial charge in [-0.05, 0) is 13.8 Å². The molecule has 1 amide bonds. The quantitative estimate of drug-likeness (QED) is 0.0572. The highest BCUT2D eigenvalue weighted by atomic mass is 16.7. The second-order valence-electron chi connectivity index (χ2n) is 11.8. The lowest BCUT2D eigenvalue weighted by atomic mass is 9.93. The van der Waals surface area contributed by atoms with Gasteiger partial charge in [0.05, 0.1) is 19.8 Å². The van der Waals surface area contributed by atoms with Crippen molar-refractivity contribution in [3.05, 3.63) is 0 Å². The third kappa shape index (κ3) is 9.79. The van der Waals surface area contributed by atoms with E-state index in [0.29, 0.717) is 0 Å². The minimum atomic E-state index is -2.02. The molecule has 2 fully saturated rings. The van der Waals surface area contributed by atoms with E-state index in [4.69, 9.17) is 43.4 Å². The van der Waals surface area contributed by atoms with Crippen LogP contribution in [0.3, 0.4) is 0 Å². The van der Waals surface area contributed by atoms with Crippen molar-refractivity contribution in [1.29, 1.82) is 0 Å². The number of carbonyl (C=O) groups excluding carboxylic acids is 4. The van der Waals surface area contributed by atoms with Crippen molar-refractivity contribution in [1.82, 2.24) is 4.90 Å². The summed E-state index contributed by atoms with van der Waals surface area (Å²) in [5.41, 5.74) is -4.02. The predicted molar refractivity (Wildman–Crippen MR) is 145 cm³/mol. The molecular weight excluding hydrogens is 646 g/mol. The van der Waals surface area contributed by atoms with Crippen LogP contribution in [0.4, 0.5) is 9.59 Å². The minimum absolute atomic E-state index is 0.771. The fraction of sp³-hybridized carbons (Fsp3) is 0.846. The summed E-state index contributed by atoms with van der Waals surface area (Å²) >= 11 is 0. The molecule has 0 aromatic rings. The monoisotopic (exact) mass is 689 g/mol. The lowest BCUT2D eigenvalue weighted by molar-refractivity contribution is -0.208. The molecule has 2 heterocycles. The number of nitrogens with zero attached hydrogens (tertiary/aromatic N) is 1. The van der Waals surface area contributed by atoms with E-state index >= 15 is 0 Å². The maximum atomic E-state index is 13.1. The molecule has 2 aliphatic rings. The highest BCUT2D eigenvalue weighted by Crippen LogP contribution is 2.30. The number of aliphatic hydroxyl groups is 9. The van der Waals surface area contributed by atoms with E-state index in [1.54, 1.807) is 0 Å². The van der Waals surface area contributed by atoms with Gasteiger partial charge in [0.25, 0.3) is 0 Å². The Morgan fingerprint density at radius 2 is 1.06 bits per heavy atom. The van der Waals surface area contributed by atoms with Gasteiger partial charge in [-0.15, -0.1) is 0 Å². The Kier molecular flexibility index (Phi) is 14.5. The van der Waals surface area contributed by atoms with Crippen LogP contribution in [-0.4, -0.2) is 190 Å². The minimum Gasteiger partial charge on any atom is -0.448 e. The van der Waals surface area contributed by atoms with Crippen LogP contribution in [0.2, 0.25) is 0 Å². The lowest BCUT2D eigenvalue weighted by Crippen LogP contribution is -2.45. The summed E-state index contributed by atoms with van der Waals surface area (Å²) in [7, 11) is 2.68. The highest BCUT2D eigenvalue weighted by Gasteiger charge is 2.51. The molecule has 9 N–H and O–H groups in total. The summed E-state index contributed by atoms with van der Waals surface area (Å²) in [6.45, 7) is -3.06. The number of carbonyl (C=O) groups is 4. The van der Waals surface area contributed by atoms with Gasteiger partial charge in [-0.25, -0.2) is 9.59 Å². The first-order chi connectivity index (χ1) is 21.8. The maximum Gasteiger partial charge on any atom is 0.508 e. The molecule has 272 valence electrons. The van der Waals surface area contributed by atoms with Crippen LogP contribution in [-0.2, 0) is 42.7 Å². The van der Waals surface area contributed by atoms with Gasteiger partial charge in [-0.1, -0.05) is 0 Å². The molecule has 0 radical (unpaired) electrons. The topological polar surface area (TPSA) is 318 Å². The summed E-state index contributed by atoms with van der Waals surface area (Å²) in [4.78, 5) is 51.4. The van der Waals surface area contributed by atoms with Gasteiger partial charge in [0.15, 0.2) is 0 Å². The maximum absolute atomic E-state index is 13.1. The molecule has 2 rings (SSSR count). The Morgan fingerprint density at radius 1 is 0.681 bits per heavy atom. The number of ether oxygens (including phenoxy) is 7. The fourth-order valence-corrected chi connectivity index (χ4v) is 4.03. The van der Waals surface area contributed by atoms with Crippen molar-refractivity contribution in [2.24, 2.45) is 10.8 Å². The van der Waals surface area contributed by atoms with E-state index in [0.717, 1.165) is 18.7 Å². The van der Waals surface area contributed by atoms with E-state index in [1.165, 1.54) is 14.1 Å². The average Bonchev–Trinajstić information content (AvgIpc) is 3.49. The molecule has 2 saturated heterocycles. The Hall–Kier alpha value is -2.96. The van der Waals surface area contributed by atoms with E-state index < -0.39 is 136 Å². The van der Waals surface area contributed by atoms with Crippen molar-refractivity contribution in [2.75, 3.05) is 53.7 Å². The van der Waals surface area contributed by atoms with Crippen LogP contribution in [0.25, 0.3) is 0 Å².